The van der Waals surface area contributed by atoms with Crippen molar-refractivity contribution in [3.8, 4) is 0 Å². The molecule has 2 atom stereocenters. The minimum absolute atomic E-state index is 0.0537. The lowest BCUT2D eigenvalue weighted by molar-refractivity contribution is -0.887. The van der Waals surface area contributed by atoms with Crippen LogP contribution in [-0.2, 0) is 28.6 Å². The summed E-state index contributed by atoms with van der Waals surface area (Å²) < 4.78 is 17.3. The van der Waals surface area contributed by atoms with Gasteiger partial charge in [-0.25, -0.2) is 4.79 Å². The number of unbranched alkanes of at least 4 members (excludes halogenated alkanes) is 21. The summed E-state index contributed by atoms with van der Waals surface area (Å²) in [6.07, 6.45) is 50.1. The van der Waals surface area contributed by atoms with Crippen LogP contribution in [0.15, 0.2) is 48.6 Å². The molecule has 0 aromatic heterocycles. The molecule has 0 aromatic rings. The van der Waals surface area contributed by atoms with Crippen LogP contribution in [0.3, 0.4) is 0 Å². The Morgan fingerprint density at radius 2 is 0.949 bits per heavy atom. The summed E-state index contributed by atoms with van der Waals surface area (Å²) in [5.74, 6) is -1.47. The maximum absolute atomic E-state index is 12.8. The molecule has 0 spiro atoms. The van der Waals surface area contributed by atoms with Gasteiger partial charge in [-0.1, -0.05) is 184 Å². The van der Waals surface area contributed by atoms with Crippen molar-refractivity contribution in [1.29, 1.82) is 0 Å². The highest BCUT2D eigenvalue weighted by molar-refractivity contribution is 5.72. The highest BCUT2D eigenvalue weighted by Gasteiger charge is 2.31. The Kier molecular flexibility index (Phi) is 40.1. The van der Waals surface area contributed by atoms with Gasteiger partial charge in [0.15, 0.2) is 12.1 Å². The van der Waals surface area contributed by atoms with Gasteiger partial charge in [0.2, 0.25) is 0 Å². The zero-order chi connectivity index (χ0) is 43.5. The number of rotatable bonds is 43. The predicted molar refractivity (Wildman–Crippen MR) is 248 cm³/mol. The number of quaternary nitrogens is 1. The highest BCUT2D eigenvalue weighted by Crippen LogP contribution is 2.15. The molecule has 0 aliphatic carbocycles. The Morgan fingerprint density at radius 3 is 1.41 bits per heavy atom. The van der Waals surface area contributed by atoms with E-state index in [1.54, 1.807) is 0 Å². The summed E-state index contributed by atoms with van der Waals surface area (Å²) in [6, 6.07) is -0.616. The molecule has 0 radical (unpaired) electrons. The quantitative estimate of drug-likeness (QED) is 0.0283. The highest BCUT2D eigenvalue weighted by atomic mass is 16.6. The van der Waals surface area contributed by atoms with E-state index >= 15 is 0 Å². The fraction of sp³-hybridized carbons (Fsp3) is 0.784. The number of hydrogen-bond acceptors (Lipinski definition) is 6. The number of ether oxygens (including phenoxy) is 3. The first kappa shape index (κ1) is 56.3. The Balaban J connectivity index is 4.30. The minimum atomic E-state index is -0.876. The van der Waals surface area contributed by atoms with Gasteiger partial charge in [0.25, 0.3) is 0 Å². The van der Waals surface area contributed by atoms with Gasteiger partial charge >= 0.3 is 17.9 Å². The van der Waals surface area contributed by atoms with Crippen LogP contribution in [0.1, 0.15) is 206 Å². The van der Waals surface area contributed by atoms with E-state index in [2.05, 4.69) is 62.5 Å². The third-order valence-electron chi connectivity index (χ3n) is 10.7. The maximum atomic E-state index is 12.8. The molecule has 59 heavy (non-hydrogen) atoms. The number of carbonyl (C=O) groups excluding carboxylic acids is 2. The van der Waals surface area contributed by atoms with Gasteiger partial charge in [-0.3, -0.25) is 9.59 Å². The van der Waals surface area contributed by atoms with Crippen molar-refractivity contribution in [2.45, 2.75) is 219 Å². The molecule has 0 fully saturated rings. The van der Waals surface area contributed by atoms with E-state index in [4.69, 9.17) is 14.2 Å². The maximum Gasteiger partial charge on any atom is 0.362 e. The van der Waals surface area contributed by atoms with E-state index in [-0.39, 0.29) is 36.2 Å². The molecule has 0 saturated carbocycles. The second kappa shape index (κ2) is 42.0. The molecule has 342 valence electrons. The molecule has 0 aliphatic heterocycles. The smallest absolute Gasteiger partial charge is 0.362 e. The standard InChI is InChI=1S/C51H91NO7/c1-6-8-10-12-14-16-18-20-22-23-24-25-26-28-30-32-34-36-38-40-42-50(54)59-47(45-57-44-43-48(51(55)56)52(3,4)5)46-58-49(53)41-39-37-35-33-31-29-27-21-19-17-15-13-11-9-7-2/h8,10,14,16,20,22,24-25,47-48H,6-7,9,11-13,15,17-19,21,23,26-46H2,1-5H3/p+1/b10-8+,16-14+,22-20+,25-24+. The number of allylic oxidation sites excluding steroid dienone is 8. The summed E-state index contributed by atoms with van der Waals surface area (Å²) >= 11 is 0. The van der Waals surface area contributed by atoms with Gasteiger partial charge in [0.1, 0.15) is 6.61 Å². The van der Waals surface area contributed by atoms with Gasteiger partial charge in [0, 0.05) is 19.3 Å². The number of nitrogens with zero attached hydrogens (tertiary/aromatic N) is 1. The summed E-state index contributed by atoms with van der Waals surface area (Å²) in [7, 11) is 5.53. The van der Waals surface area contributed by atoms with Crippen molar-refractivity contribution in [3.63, 3.8) is 0 Å². The molecule has 0 aliphatic rings. The Labute approximate surface area is 363 Å². The van der Waals surface area contributed by atoms with Gasteiger partial charge < -0.3 is 23.8 Å². The molecular formula is C51H92NO7+. The molecule has 8 heteroatoms. The average molecular weight is 831 g/mol. The first-order valence-electron chi connectivity index (χ1n) is 24.2. The molecule has 1 N–H and O–H groups in total. The van der Waals surface area contributed by atoms with Crippen LogP contribution in [0, 0.1) is 0 Å². The minimum Gasteiger partial charge on any atom is -0.477 e. The molecule has 0 rings (SSSR count). The molecular weight excluding hydrogens is 739 g/mol. The van der Waals surface area contributed by atoms with Crippen molar-refractivity contribution in [1.82, 2.24) is 0 Å². The number of esters is 2. The van der Waals surface area contributed by atoms with E-state index < -0.39 is 18.1 Å². The second-order valence-corrected chi connectivity index (χ2v) is 17.3. The van der Waals surface area contributed by atoms with Crippen molar-refractivity contribution in [3.05, 3.63) is 48.6 Å². The number of hydrogen-bond donors (Lipinski definition) is 1. The average Bonchev–Trinajstić information content (AvgIpc) is 3.19. The summed E-state index contributed by atoms with van der Waals surface area (Å²) in [6.45, 7) is 4.63. The zero-order valence-electron chi connectivity index (χ0n) is 39.0. The topological polar surface area (TPSA) is 99.1 Å². The lowest BCUT2D eigenvalue weighted by Gasteiger charge is -2.31. The van der Waals surface area contributed by atoms with Crippen molar-refractivity contribution < 1.29 is 38.2 Å². The molecule has 0 amide bonds. The number of carboxylic acids is 1. The zero-order valence-corrected chi connectivity index (χ0v) is 39.0. The van der Waals surface area contributed by atoms with E-state index in [1.165, 1.54) is 103 Å². The SMILES string of the molecule is CC/C=C/C/C=C/C/C=C/C/C=C/CCCCCCCCCC(=O)OC(COCCC(C(=O)O)[N+](C)(C)C)COC(=O)CCCCCCCCCCCCCCCCC. The summed E-state index contributed by atoms with van der Waals surface area (Å²) in [5.41, 5.74) is 0. The van der Waals surface area contributed by atoms with Crippen molar-refractivity contribution >= 4 is 17.9 Å². The Bertz CT molecular complexity index is 1110. The van der Waals surface area contributed by atoms with Crippen molar-refractivity contribution in [2.75, 3.05) is 41.0 Å². The molecule has 2 unspecified atom stereocenters. The lowest BCUT2D eigenvalue weighted by atomic mass is 10.0. The fourth-order valence-corrected chi connectivity index (χ4v) is 7.02. The molecule has 8 nitrogen and oxygen atoms in total. The summed E-state index contributed by atoms with van der Waals surface area (Å²) in [4.78, 5) is 37.1. The Morgan fingerprint density at radius 1 is 0.525 bits per heavy atom. The van der Waals surface area contributed by atoms with Crippen LogP contribution in [0.5, 0.6) is 0 Å². The second-order valence-electron chi connectivity index (χ2n) is 17.3. The van der Waals surface area contributed by atoms with Crippen LogP contribution in [-0.4, -0.2) is 80.6 Å². The van der Waals surface area contributed by atoms with Crippen LogP contribution in [0.4, 0.5) is 0 Å². The number of aliphatic carboxylic acids is 1. The fourth-order valence-electron chi connectivity index (χ4n) is 7.02. The van der Waals surface area contributed by atoms with E-state index in [9.17, 15) is 19.5 Å². The number of carboxylic acid groups (broad SMARTS) is 1. The van der Waals surface area contributed by atoms with Gasteiger partial charge in [-0.15, -0.1) is 0 Å². The van der Waals surface area contributed by atoms with E-state index in [0.717, 1.165) is 70.6 Å². The lowest BCUT2D eigenvalue weighted by Crippen LogP contribution is -2.50. The molecule has 0 saturated heterocycles. The van der Waals surface area contributed by atoms with Gasteiger partial charge in [0.05, 0.1) is 34.4 Å². The number of likely N-dealkylation sites (N-methyl/N-ethyl adjacent to an activating group) is 1. The molecule has 0 bridgehead atoms. The third-order valence-corrected chi connectivity index (χ3v) is 10.7. The van der Waals surface area contributed by atoms with Crippen LogP contribution < -0.4 is 0 Å². The normalized spacial score (nSPS) is 13.3. The van der Waals surface area contributed by atoms with Crippen LogP contribution in [0.2, 0.25) is 0 Å². The third kappa shape index (κ3) is 40.5. The van der Waals surface area contributed by atoms with Crippen molar-refractivity contribution in [2.24, 2.45) is 0 Å². The van der Waals surface area contributed by atoms with Crippen LogP contribution in [0.25, 0.3) is 0 Å². The first-order chi connectivity index (χ1) is 28.6. The molecule has 0 heterocycles. The largest absolute Gasteiger partial charge is 0.477 e. The predicted octanol–water partition coefficient (Wildman–Crippen LogP) is 13.6. The summed E-state index contributed by atoms with van der Waals surface area (Å²) in [5, 5.41) is 9.64. The molecule has 0 aromatic carbocycles. The first-order valence-corrected chi connectivity index (χ1v) is 24.2. The van der Waals surface area contributed by atoms with Gasteiger partial charge in [-0.05, 0) is 51.4 Å². The Hall–Kier alpha value is -2.71. The van der Waals surface area contributed by atoms with E-state index in [0.29, 0.717) is 19.3 Å². The van der Waals surface area contributed by atoms with E-state index in [1.807, 2.05) is 21.1 Å². The van der Waals surface area contributed by atoms with Crippen LogP contribution >= 0.6 is 0 Å². The monoisotopic (exact) mass is 831 g/mol. The van der Waals surface area contributed by atoms with Gasteiger partial charge in [-0.2, -0.15) is 0 Å². The number of carbonyl (C=O) groups is 3.